The second-order valence-electron chi connectivity index (χ2n) is 4.75. The third kappa shape index (κ3) is 3.71. The fourth-order valence-corrected chi connectivity index (χ4v) is 3.62. The number of thioether (sulfide) groups is 1. The maximum Gasteiger partial charge on any atom is 0.0965 e. The lowest BCUT2D eigenvalue weighted by Gasteiger charge is -2.20. The molecule has 0 amide bonds. The van der Waals surface area contributed by atoms with Gasteiger partial charge in [0.1, 0.15) is 0 Å². The summed E-state index contributed by atoms with van der Waals surface area (Å²) < 4.78 is 0. The number of hydrogen-bond donors (Lipinski definition) is 1. The Bertz CT molecular complexity index is 361. The van der Waals surface area contributed by atoms with Gasteiger partial charge in [0.2, 0.25) is 0 Å². The summed E-state index contributed by atoms with van der Waals surface area (Å²) in [5.41, 5.74) is 2.24. The maximum absolute atomic E-state index is 8.94. The second-order valence-corrected chi connectivity index (χ2v) is 6.07. The Morgan fingerprint density at radius 2 is 2.06 bits per heavy atom. The van der Waals surface area contributed by atoms with Crippen molar-refractivity contribution in [2.75, 3.05) is 6.61 Å². The van der Waals surface area contributed by atoms with E-state index in [4.69, 9.17) is 5.11 Å². The molecular weight excluding hydrogens is 230 g/mol. The van der Waals surface area contributed by atoms with Crippen molar-refractivity contribution in [2.24, 2.45) is 0 Å². The zero-order valence-corrected chi connectivity index (χ0v) is 11.3. The number of hydrogen-bond acceptors (Lipinski definition) is 3. The fraction of sp³-hybridized carbons (Fsp3) is 0.643. The first kappa shape index (κ1) is 12.9. The molecule has 2 nitrogen and oxygen atoms in total. The lowest BCUT2D eigenvalue weighted by atomic mass is 10.0. The van der Waals surface area contributed by atoms with E-state index in [-0.39, 0.29) is 6.61 Å². The van der Waals surface area contributed by atoms with Crippen LogP contribution in [-0.4, -0.2) is 21.9 Å². The topological polar surface area (TPSA) is 33.1 Å². The molecule has 1 heterocycles. The molecule has 1 aliphatic carbocycles. The van der Waals surface area contributed by atoms with Gasteiger partial charge in [0.25, 0.3) is 0 Å². The van der Waals surface area contributed by atoms with Crippen LogP contribution in [-0.2, 0) is 6.42 Å². The Morgan fingerprint density at radius 1 is 1.29 bits per heavy atom. The minimum atomic E-state index is 0.206. The van der Waals surface area contributed by atoms with Crippen LogP contribution in [0.5, 0.6) is 0 Å². The van der Waals surface area contributed by atoms with Crippen LogP contribution in [0.4, 0.5) is 0 Å². The molecule has 0 aromatic carbocycles. The van der Waals surface area contributed by atoms with Crippen LogP contribution in [0.25, 0.3) is 0 Å². The molecule has 2 rings (SSSR count). The molecular formula is C14H21NOS. The van der Waals surface area contributed by atoms with E-state index in [1.807, 2.05) is 18.7 Å². The first-order valence-electron chi connectivity index (χ1n) is 6.53. The summed E-state index contributed by atoms with van der Waals surface area (Å²) in [4.78, 5) is 4.64. The van der Waals surface area contributed by atoms with Crippen molar-refractivity contribution in [3.8, 4) is 0 Å². The molecule has 0 spiro atoms. The lowest BCUT2D eigenvalue weighted by molar-refractivity contribution is 0.299. The molecule has 0 bridgehead atoms. The Balaban J connectivity index is 1.98. The van der Waals surface area contributed by atoms with E-state index in [0.717, 1.165) is 16.0 Å². The predicted octanol–water partition coefficient (Wildman–Crippen LogP) is 3.35. The Kier molecular flexibility index (Phi) is 4.86. The van der Waals surface area contributed by atoms with Gasteiger partial charge in [0.05, 0.1) is 5.03 Å². The number of aryl methyl sites for hydroxylation is 1. The van der Waals surface area contributed by atoms with Crippen molar-refractivity contribution in [1.82, 2.24) is 4.98 Å². The normalized spacial score (nSPS) is 17.3. The Labute approximate surface area is 108 Å². The van der Waals surface area contributed by atoms with Gasteiger partial charge in [-0.3, -0.25) is 0 Å². The average Bonchev–Trinajstić information content (AvgIpc) is 2.34. The Morgan fingerprint density at radius 3 is 2.71 bits per heavy atom. The summed E-state index contributed by atoms with van der Waals surface area (Å²) in [6.45, 7) is 2.24. The monoisotopic (exact) mass is 251 g/mol. The average molecular weight is 251 g/mol. The van der Waals surface area contributed by atoms with E-state index >= 15 is 0 Å². The van der Waals surface area contributed by atoms with Crippen LogP contribution in [0.3, 0.4) is 0 Å². The van der Waals surface area contributed by atoms with Crippen molar-refractivity contribution in [1.29, 1.82) is 0 Å². The molecule has 1 saturated carbocycles. The van der Waals surface area contributed by atoms with Crippen LogP contribution in [0.2, 0.25) is 0 Å². The molecule has 0 unspecified atom stereocenters. The van der Waals surface area contributed by atoms with Crippen LogP contribution in [0, 0.1) is 6.92 Å². The van der Waals surface area contributed by atoms with Crippen LogP contribution < -0.4 is 0 Å². The molecule has 1 aliphatic rings. The lowest BCUT2D eigenvalue weighted by Crippen LogP contribution is -2.08. The van der Waals surface area contributed by atoms with E-state index in [1.54, 1.807) is 0 Å². The van der Waals surface area contributed by atoms with Crippen LogP contribution in [0.1, 0.15) is 43.4 Å². The number of aromatic nitrogens is 1. The number of aliphatic hydroxyl groups excluding tert-OH is 1. The number of aliphatic hydroxyl groups is 1. The van der Waals surface area contributed by atoms with Gasteiger partial charge in [0.15, 0.2) is 0 Å². The molecule has 0 atom stereocenters. The molecule has 17 heavy (non-hydrogen) atoms. The van der Waals surface area contributed by atoms with Gasteiger partial charge >= 0.3 is 0 Å². The summed E-state index contributed by atoms with van der Waals surface area (Å²) in [6.07, 6.45) is 7.54. The van der Waals surface area contributed by atoms with Crippen molar-refractivity contribution in [3.05, 3.63) is 23.4 Å². The highest BCUT2D eigenvalue weighted by atomic mass is 32.2. The summed E-state index contributed by atoms with van der Waals surface area (Å²) in [5.74, 6) is 0. The highest BCUT2D eigenvalue weighted by Gasteiger charge is 2.15. The molecule has 0 saturated heterocycles. The molecule has 1 aromatic rings. The minimum absolute atomic E-state index is 0.206. The van der Waals surface area contributed by atoms with E-state index < -0.39 is 0 Å². The number of rotatable bonds is 4. The summed E-state index contributed by atoms with van der Waals surface area (Å²) in [6, 6.07) is 4.22. The number of pyridine rings is 1. The molecule has 1 aromatic heterocycles. The highest BCUT2D eigenvalue weighted by molar-refractivity contribution is 7.99. The van der Waals surface area contributed by atoms with Gasteiger partial charge in [-0.15, -0.1) is 11.8 Å². The minimum Gasteiger partial charge on any atom is -0.396 e. The zero-order valence-electron chi connectivity index (χ0n) is 10.5. The smallest absolute Gasteiger partial charge is 0.0965 e. The van der Waals surface area contributed by atoms with Gasteiger partial charge in [-0.25, -0.2) is 4.98 Å². The van der Waals surface area contributed by atoms with Crippen molar-refractivity contribution < 1.29 is 5.11 Å². The third-order valence-corrected chi connectivity index (χ3v) is 4.66. The predicted molar refractivity (Wildman–Crippen MR) is 72.5 cm³/mol. The van der Waals surface area contributed by atoms with E-state index in [0.29, 0.717) is 6.42 Å². The van der Waals surface area contributed by atoms with Gasteiger partial charge < -0.3 is 5.11 Å². The van der Waals surface area contributed by atoms with Gasteiger partial charge in [-0.05, 0) is 37.8 Å². The van der Waals surface area contributed by atoms with Gasteiger partial charge in [-0.2, -0.15) is 0 Å². The molecule has 3 heteroatoms. The Hall–Kier alpha value is -0.540. The van der Waals surface area contributed by atoms with E-state index in [2.05, 4.69) is 17.1 Å². The first-order chi connectivity index (χ1) is 8.29. The summed E-state index contributed by atoms with van der Waals surface area (Å²) >= 11 is 1.93. The third-order valence-electron chi connectivity index (χ3n) is 3.39. The van der Waals surface area contributed by atoms with Crippen molar-refractivity contribution in [2.45, 2.75) is 55.7 Å². The first-order valence-corrected chi connectivity index (χ1v) is 7.41. The van der Waals surface area contributed by atoms with Crippen LogP contribution >= 0.6 is 11.8 Å². The molecule has 1 N–H and O–H groups in total. The SMILES string of the molecule is Cc1nc(SC2CCCCC2)ccc1CCO. The quantitative estimate of drug-likeness (QED) is 0.891. The summed E-state index contributed by atoms with van der Waals surface area (Å²) in [7, 11) is 0. The van der Waals surface area contributed by atoms with Gasteiger partial charge in [0, 0.05) is 17.6 Å². The van der Waals surface area contributed by atoms with Crippen molar-refractivity contribution >= 4 is 11.8 Å². The van der Waals surface area contributed by atoms with E-state index in [1.165, 1.54) is 37.7 Å². The maximum atomic E-state index is 8.94. The van der Waals surface area contributed by atoms with Gasteiger partial charge in [-0.1, -0.05) is 25.3 Å². The highest BCUT2D eigenvalue weighted by Crippen LogP contribution is 2.32. The molecule has 0 radical (unpaired) electrons. The van der Waals surface area contributed by atoms with E-state index in [9.17, 15) is 0 Å². The zero-order chi connectivity index (χ0) is 12.1. The largest absolute Gasteiger partial charge is 0.396 e. The van der Waals surface area contributed by atoms with Crippen LogP contribution in [0.15, 0.2) is 17.2 Å². The summed E-state index contributed by atoms with van der Waals surface area (Å²) in [5, 5.41) is 10.9. The molecule has 1 fully saturated rings. The standard InChI is InChI=1S/C14H21NOS/c1-11-12(9-10-16)7-8-14(15-11)17-13-5-3-2-4-6-13/h7-8,13,16H,2-6,9-10H2,1H3. The molecule has 0 aliphatic heterocycles. The number of nitrogens with zero attached hydrogens (tertiary/aromatic N) is 1. The van der Waals surface area contributed by atoms with Crippen molar-refractivity contribution in [3.63, 3.8) is 0 Å². The molecule has 94 valence electrons. The second kappa shape index (κ2) is 6.41. The fourth-order valence-electron chi connectivity index (χ4n) is 2.37.